The molecule has 0 aliphatic rings. The Balaban J connectivity index is 3.06. The molecule has 0 aromatic heterocycles. The summed E-state index contributed by atoms with van der Waals surface area (Å²) in [6, 6.07) is 7.22. The van der Waals surface area contributed by atoms with Crippen LogP contribution >= 0.6 is 0 Å². The maximum absolute atomic E-state index is 6.05. The molecule has 2 atom stereocenters. The SMILES string of the molecule is CCN(C(C)COC)C(CN)c1cc(C)ccc1C. The number of aryl methyl sites for hydroxylation is 2. The molecule has 1 aromatic rings. The fourth-order valence-electron chi connectivity index (χ4n) is 2.74. The molecule has 1 rings (SSSR count). The number of methoxy groups -OCH3 is 1. The molecule has 1 aromatic carbocycles. The van der Waals surface area contributed by atoms with Crippen molar-refractivity contribution < 1.29 is 4.74 Å². The number of nitrogens with two attached hydrogens (primary N) is 1. The molecule has 0 spiro atoms. The fourth-order valence-corrected chi connectivity index (χ4v) is 2.74. The average molecular weight is 264 g/mol. The first kappa shape index (κ1) is 16.2. The molecule has 3 nitrogen and oxygen atoms in total. The highest BCUT2D eigenvalue weighted by molar-refractivity contribution is 5.33. The maximum atomic E-state index is 6.05. The van der Waals surface area contributed by atoms with E-state index in [1.165, 1.54) is 16.7 Å². The summed E-state index contributed by atoms with van der Waals surface area (Å²) in [5.74, 6) is 0. The number of hydrogen-bond donors (Lipinski definition) is 1. The summed E-state index contributed by atoms with van der Waals surface area (Å²) in [7, 11) is 1.75. The molecule has 0 aliphatic carbocycles. The van der Waals surface area contributed by atoms with E-state index in [0.29, 0.717) is 12.6 Å². The Labute approximate surface area is 117 Å². The van der Waals surface area contributed by atoms with Crippen molar-refractivity contribution in [2.75, 3.05) is 26.8 Å². The highest BCUT2D eigenvalue weighted by Crippen LogP contribution is 2.25. The number of benzene rings is 1. The third kappa shape index (κ3) is 4.03. The van der Waals surface area contributed by atoms with E-state index >= 15 is 0 Å². The average Bonchev–Trinajstić information content (AvgIpc) is 2.39. The third-order valence-electron chi connectivity index (χ3n) is 3.76. The number of hydrogen-bond acceptors (Lipinski definition) is 3. The predicted molar refractivity (Wildman–Crippen MR) is 81.4 cm³/mol. The summed E-state index contributed by atoms with van der Waals surface area (Å²) in [4.78, 5) is 2.42. The Morgan fingerprint density at radius 1 is 1.32 bits per heavy atom. The molecule has 0 fully saturated rings. The second kappa shape index (κ2) is 7.63. The zero-order valence-electron chi connectivity index (χ0n) is 12.9. The lowest BCUT2D eigenvalue weighted by atomic mass is 9.96. The highest BCUT2D eigenvalue weighted by Gasteiger charge is 2.23. The summed E-state index contributed by atoms with van der Waals surface area (Å²) >= 11 is 0. The second-order valence-corrected chi connectivity index (χ2v) is 5.25. The summed E-state index contributed by atoms with van der Waals surface area (Å²) in [5, 5.41) is 0. The maximum Gasteiger partial charge on any atom is 0.0615 e. The summed E-state index contributed by atoms with van der Waals surface area (Å²) in [6.45, 7) is 11.0. The minimum atomic E-state index is 0.259. The van der Waals surface area contributed by atoms with E-state index in [9.17, 15) is 0 Å². The van der Waals surface area contributed by atoms with Crippen molar-refractivity contribution in [3.63, 3.8) is 0 Å². The van der Waals surface area contributed by atoms with Gasteiger partial charge in [0.15, 0.2) is 0 Å². The van der Waals surface area contributed by atoms with Crippen LogP contribution in [0, 0.1) is 13.8 Å². The van der Waals surface area contributed by atoms with Crippen molar-refractivity contribution in [3.05, 3.63) is 34.9 Å². The van der Waals surface area contributed by atoms with Gasteiger partial charge in [0, 0.05) is 25.7 Å². The van der Waals surface area contributed by atoms with Crippen molar-refractivity contribution >= 4 is 0 Å². The minimum Gasteiger partial charge on any atom is -0.383 e. The van der Waals surface area contributed by atoms with Crippen molar-refractivity contribution in [1.29, 1.82) is 0 Å². The summed E-state index contributed by atoms with van der Waals surface area (Å²) in [6.07, 6.45) is 0. The standard InChI is InChI=1S/C16H28N2O/c1-6-18(14(4)11-19-5)16(10-17)15-9-12(2)7-8-13(15)3/h7-9,14,16H,6,10-11,17H2,1-5H3. The van der Waals surface area contributed by atoms with Gasteiger partial charge in [-0.15, -0.1) is 0 Å². The van der Waals surface area contributed by atoms with Gasteiger partial charge >= 0.3 is 0 Å². The van der Waals surface area contributed by atoms with E-state index in [4.69, 9.17) is 10.5 Å². The molecule has 0 radical (unpaired) electrons. The van der Waals surface area contributed by atoms with Crippen LogP contribution < -0.4 is 5.73 Å². The van der Waals surface area contributed by atoms with Gasteiger partial charge in [0.25, 0.3) is 0 Å². The van der Waals surface area contributed by atoms with Crippen LogP contribution in [0.3, 0.4) is 0 Å². The topological polar surface area (TPSA) is 38.5 Å². The first-order chi connectivity index (χ1) is 9.04. The predicted octanol–water partition coefficient (Wildman–Crippen LogP) is 2.66. The lowest BCUT2D eigenvalue weighted by molar-refractivity contribution is 0.0749. The van der Waals surface area contributed by atoms with Gasteiger partial charge in [-0.25, -0.2) is 0 Å². The number of rotatable bonds is 7. The monoisotopic (exact) mass is 264 g/mol. The van der Waals surface area contributed by atoms with Crippen LogP contribution in [0.5, 0.6) is 0 Å². The minimum absolute atomic E-state index is 0.259. The van der Waals surface area contributed by atoms with Crippen LogP contribution in [-0.4, -0.2) is 37.7 Å². The van der Waals surface area contributed by atoms with E-state index in [0.717, 1.165) is 13.2 Å². The Hall–Kier alpha value is -0.900. The molecule has 0 bridgehead atoms. The van der Waals surface area contributed by atoms with Crippen molar-refractivity contribution in [2.45, 2.75) is 39.8 Å². The first-order valence-electron chi connectivity index (χ1n) is 7.07. The van der Waals surface area contributed by atoms with Gasteiger partial charge < -0.3 is 10.5 Å². The van der Waals surface area contributed by atoms with Crippen LogP contribution in [0.15, 0.2) is 18.2 Å². The van der Waals surface area contributed by atoms with Crippen LogP contribution in [0.25, 0.3) is 0 Å². The molecule has 0 saturated carbocycles. The van der Waals surface area contributed by atoms with E-state index < -0.39 is 0 Å². The summed E-state index contributed by atoms with van der Waals surface area (Å²) in [5.41, 5.74) is 9.99. The van der Waals surface area contributed by atoms with E-state index in [1.54, 1.807) is 7.11 Å². The highest BCUT2D eigenvalue weighted by atomic mass is 16.5. The van der Waals surface area contributed by atoms with Gasteiger partial charge in [0.1, 0.15) is 0 Å². The van der Waals surface area contributed by atoms with Gasteiger partial charge in [-0.1, -0.05) is 30.7 Å². The smallest absolute Gasteiger partial charge is 0.0615 e. The van der Waals surface area contributed by atoms with Crippen LogP contribution in [0.4, 0.5) is 0 Å². The molecule has 2 unspecified atom stereocenters. The van der Waals surface area contributed by atoms with Crippen LogP contribution in [0.2, 0.25) is 0 Å². The molecular formula is C16H28N2O. The van der Waals surface area contributed by atoms with Gasteiger partial charge in [0.2, 0.25) is 0 Å². The Morgan fingerprint density at radius 2 is 2.00 bits per heavy atom. The zero-order chi connectivity index (χ0) is 14.4. The molecule has 0 amide bonds. The largest absolute Gasteiger partial charge is 0.383 e. The van der Waals surface area contributed by atoms with Gasteiger partial charge in [0.05, 0.1) is 6.61 Å². The molecule has 108 valence electrons. The quantitative estimate of drug-likeness (QED) is 0.823. The molecule has 0 heterocycles. The van der Waals surface area contributed by atoms with E-state index in [1.807, 2.05) is 0 Å². The normalized spacial score (nSPS) is 14.7. The zero-order valence-corrected chi connectivity index (χ0v) is 12.9. The fraction of sp³-hybridized carbons (Fsp3) is 0.625. The first-order valence-corrected chi connectivity index (χ1v) is 7.07. The Morgan fingerprint density at radius 3 is 2.53 bits per heavy atom. The van der Waals surface area contributed by atoms with Gasteiger partial charge in [-0.2, -0.15) is 0 Å². The molecular weight excluding hydrogens is 236 g/mol. The van der Waals surface area contributed by atoms with Crippen molar-refractivity contribution in [1.82, 2.24) is 4.90 Å². The van der Waals surface area contributed by atoms with Crippen molar-refractivity contribution in [3.8, 4) is 0 Å². The van der Waals surface area contributed by atoms with E-state index in [-0.39, 0.29) is 6.04 Å². The molecule has 2 N–H and O–H groups in total. The van der Waals surface area contributed by atoms with Crippen LogP contribution in [-0.2, 0) is 4.74 Å². The van der Waals surface area contributed by atoms with Crippen molar-refractivity contribution in [2.24, 2.45) is 5.73 Å². The molecule has 0 aliphatic heterocycles. The molecule has 0 saturated heterocycles. The lowest BCUT2D eigenvalue weighted by Gasteiger charge is -2.36. The van der Waals surface area contributed by atoms with Gasteiger partial charge in [-0.05, 0) is 38.4 Å². The molecule has 19 heavy (non-hydrogen) atoms. The summed E-state index contributed by atoms with van der Waals surface area (Å²) < 4.78 is 5.29. The number of ether oxygens (including phenoxy) is 1. The second-order valence-electron chi connectivity index (χ2n) is 5.25. The molecule has 3 heteroatoms. The number of likely N-dealkylation sites (N-methyl/N-ethyl adjacent to an activating group) is 1. The Bertz CT molecular complexity index is 392. The number of nitrogens with zero attached hydrogens (tertiary/aromatic N) is 1. The van der Waals surface area contributed by atoms with E-state index in [2.05, 4.69) is 50.8 Å². The van der Waals surface area contributed by atoms with Crippen LogP contribution in [0.1, 0.15) is 36.6 Å². The van der Waals surface area contributed by atoms with Gasteiger partial charge in [-0.3, -0.25) is 4.90 Å². The Kier molecular flexibility index (Phi) is 6.49. The third-order valence-corrected chi connectivity index (χ3v) is 3.76. The lowest BCUT2D eigenvalue weighted by Crippen LogP contribution is -2.42.